The maximum absolute atomic E-state index is 12.7. The number of methoxy groups -OCH3 is 1. The lowest BCUT2D eigenvalue weighted by molar-refractivity contribution is 0.414. The summed E-state index contributed by atoms with van der Waals surface area (Å²) in [4.78, 5) is 13.7. The van der Waals surface area contributed by atoms with Crippen LogP contribution in [-0.4, -0.2) is 7.11 Å². The van der Waals surface area contributed by atoms with E-state index in [2.05, 4.69) is 11.4 Å². The third-order valence-electron chi connectivity index (χ3n) is 4.19. The summed E-state index contributed by atoms with van der Waals surface area (Å²) in [6, 6.07) is 17.8. The highest BCUT2D eigenvalue weighted by atomic mass is 32.2. The Labute approximate surface area is 149 Å². The average molecular weight is 351 g/mol. The van der Waals surface area contributed by atoms with Crippen molar-refractivity contribution in [2.75, 3.05) is 12.4 Å². The summed E-state index contributed by atoms with van der Waals surface area (Å²) < 4.78 is 10.6. The predicted molar refractivity (Wildman–Crippen MR) is 100 cm³/mol. The van der Waals surface area contributed by atoms with Gasteiger partial charge in [-0.1, -0.05) is 24.3 Å². The third kappa shape index (κ3) is 2.91. The number of ether oxygens (including phenoxy) is 1. The van der Waals surface area contributed by atoms with Crippen molar-refractivity contribution in [1.82, 2.24) is 0 Å². The first-order chi connectivity index (χ1) is 12.2. The molecule has 0 spiro atoms. The van der Waals surface area contributed by atoms with E-state index in [4.69, 9.17) is 9.15 Å². The van der Waals surface area contributed by atoms with Gasteiger partial charge in [0.25, 0.3) is 0 Å². The van der Waals surface area contributed by atoms with E-state index in [1.54, 1.807) is 25.8 Å². The lowest BCUT2D eigenvalue weighted by Gasteiger charge is -2.16. The van der Waals surface area contributed by atoms with Crippen LogP contribution in [0.3, 0.4) is 0 Å². The molecule has 1 aliphatic heterocycles. The minimum Gasteiger partial charge on any atom is -0.497 e. The first-order valence-corrected chi connectivity index (χ1v) is 8.85. The Morgan fingerprint density at radius 2 is 1.84 bits per heavy atom. The van der Waals surface area contributed by atoms with E-state index in [1.807, 2.05) is 48.5 Å². The van der Waals surface area contributed by atoms with E-state index >= 15 is 0 Å². The molecule has 1 N–H and O–H groups in total. The van der Waals surface area contributed by atoms with E-state index in [-0.39, 0.29) is 10.9 Å². The maximum Gasteiger partial charge on any atom is 0.342 e. The Morgan fingerprint density at radius 3 is 2.60 bits per heavy atom. The molecule has 1 aromatic heterocycles. The molecule has 1 unspecified atom stereocenters. The zero-order chi connectivity index (χ0) is 17.4. The van der Waals surface area contributed by atoms with Gasteiger partial charge < -0.3 is 14.5 Å². The van der Waals surface area contributed by atoms with Gasteiger partial charge in [0.15, 0.2) is 0 Å². The molecule has 1 atom stereocenters. The maximum atomic E-state index is 12.7. The van der Waals surface area contributed by atoms with Gasteiger partial charge in [0.2, 0.25) is 0 Å². The summed E-state index contributed by atoms with van der Waals surface area (Å²) in [7, 11) is 1.64. The van der Waals surface area contributed by atoms with Crippen molar-refractivity contribution in [3.8, 4) is 5.75 Å². The molecule has 1 aliphatic rings. The fourth-order valence-corrected chi connectivity index (χ4v) is 4.28. The van der Waals surface area contributed by atoms with Gasteiger partial charge in [0.1, 0.15) is 11.5 Å². The van der Waals surface area contributed by atoms with Gasteiger partial charge in [-0.2, -0.15) is 0 Å². The fraction of sp³-hybridized carbons (Fsp3) is 0.150. The van der Waals surface area contributed by atoms with Crippen LogP contribution in [0.5, 0.6) is 5.75 Å². The molecule has 2 heterocycles. The van der Waals surface area contributed by atoms with Crippen LogP contribution in [0, 0.1) is 6.92 Å². The molecule has 3 aromatic rings. The smallest absolute Gasteiger partial charge is 0.342 e. The summed E-state index contributed by atoms with van der Waals surface area (Å²) in [6.45, 7) is 1.79. The second-order valence-corrected chi connectivity index (χ2v) is 7.01. The van der Waals surface area contributed by atoms with E-state index < -0.39 is 0 Å². The Hall–Kier alpha value is -2.66. The molecular formula is C20H17NO3S. The molecule has 0 saturated heterocycles. The van der Waals surface area contributed by atoms with Gasteiger partial charge >= 0.3 is 5.63 Å². The zero-order valence-electron chi connectivity index (χ0n) is 13.9. The lowest BCUT2D eigenvalue weighted by Crippen LogP contribution is -2.14. The van der Waals surface area contributed by atoms with Gasteiger partial charge in [-0.05, 0) is 36.8 Å². The van der Waals surface area contributed by atoms with Crippen LogP contribution in [0.25, 0.3) is 0 Å². The summed E-state index contributed by atoms with van der Waals surface area (Å²) in [5.41, 5.74) is 3.16. The first-order valence-electron chi connectivity index (χ1n) is 7.97. The van der Waals surface area contributed by atoms with Gasteiger partial charge in [0, 0.05) is 11.0 Å². The molecule has 2 aromatic carbocycles. The number of hydrogen-bond acceptors (Lipinski definition) is 5. The van der Waals surface area contributed by atoms with Crippen LogP contribution < -0.4 is 15.7 Å². The first kappa shape index (κ1) is 15.8. The van der Waals surface area contributed by atoms with Crippen molar-refractivity contribution >= 4 is 23.1 Å². The second-order valence-electron chi connectivity index (χ2n) is 5.86. The highest BCUT2D eigenvalue weighted by molar-refractivity contribution is 8.00. The predicted octanol–water partition coefficient (Wildman–Crippen LogP) is 4.90. The third-order valence-corrected chi connectivity index (χ3v) is 5.55. The van der Waals surface area contributed by atoms with Crippen LogP contribution in [0.2, 0.25) is 0 Å². The number of anilines is 2. The summed E-state index contributed by atoms with van der Waals surface area (Å²) >= 11 is 1.64. The van der Waals surface area contributed by atoms with E-state index in [9.17, 15) is 4.79 Å². The molecule has 126 valence electrons. The van der Waals surface area contributed by atoms with E-state index in [1.165, 1.54) is 0 Å². The Morgan fingerprint density at radius 1 is 1.08 bits per heavy atom. The molecule has 0 radical (unpaired) electrons. The number of nitrogens with one attached hydrogen (secondary N) is 1. The van der Waals surface area contributed by atoms with Gasteiger partial charge in [-0.15, -0.1) is 11.8 Å². The molecule has 25 heavy (non-hydrogen) atoms. The van der Waals surface area contributed by atoms with Crippen molar-refractivity contribution in [1.29, 1.82) is 0 Å². The molecule has 0 bridgehead atoms. The molecule has 4 nitrogen and oxygen atoms in total. The summed E-state index contributed by atoms with van der Waals surface area (Å²) in [5, 5.41) is 3.24. The summed E-state index contributed by atoms with van der Waals surface area (Å²) in [5.74, 6) is 1.38. The highest BCUT2D eigenvalue weighted by Gasteiger charge is 2.28. The molecule has 0 aliphatic carbocycles. The SMILES string of the molecule is COc1ccc(C2Sc3ccccc3Nc3cc(C)oc(=O)c32)cc1. The minimum atomic E-state index is -0.302. The largest absolute Gasteiger partial charge is 0.497 e. The molecule has 0 fully saturated rings. The average Bonchev–Trinajstić information content (AvgIpc) is 2.78. The van der Waals surface area contributed by atoms with Crippen LogP contribution in [0.4, 0.5) is 11.4 Å². The number of thioether (sulfide) groups is 1. The van der Waals surface area contributed by atoms with Gasteiger partial charge in [-0.3, -0.25) is 0 Å². The van der Waals surface area contributed by atoms with Crippen LogP contribution in [0.15, 0.2) is 68.7 Å². The zero-order valence-corrected chi connectivity index (χ0v) is 14.7. The Kier molecular flexibility index (Phi) is 4.01. The van der Waals surface area contributed by atoms with Crippen molar-refractivity contribution < 1.29 is 9.15 Å². The quantitative estimate of drug-likeness (QED) is 0.712. The van der Waals surface area contributed by atoms with Crippen molar-refractivity contribution in [3.63, 3.8) is 0 Å². The number of fused-ring (bicyclic) bond motifs is 2. The standard InChI is InChI=1S/C20H17NO3S/c1-12-11-16-18(20(22)24-12)19(13-7-9-14(23-2)10-8-13)25-17-6-4-3-5-15(17)21-16/h3-11,19,21H,1-2H3. The number of para-hydroxylation sites is 1. The van der Waals surface area contributed by atoms with E-state index in [0.717, 1.165) is 27.6 Å². The van der Waals surface area contributed by atoms with E-state index in [0.29, 0.717) is 11.3 Å². The lowest BCUT2D eigenvalue weighted by atomic mass is 10.0. The van der Waals surface area contributed by atoms with Crippen LogP contribution >= 0.6 is 11.8 Å². The number of rotatable bonds is 2. The number of benzene rings is 2. The topological polar surface area (TPSA) is 51.5 Å². The minimum absolute atomic E-state index is 0.158. The monoisotopic (exact) mass is 351 g/mol. The fourth-order valence-electron chi connectivity index (χ4n) is 2.99. The number of aryl methyl sites for hydroxylation is 1. The molecular weight excluding hydrogens is 334 g/mol. The van der Waals surface area contributed by atoms with Crippen molar-refractivity contribution in [3.05, 3.63) is 81.9 Å². The molecule has 0 saturated carbocycles. The van der Waals surface area contributed by atoms with Crippen molar-refractivity contribution in [2.45, 2.75) is 17.1 Å². The molecule has 4 rings (SSSR count). The highest BCUT2D eigenvalue weighted by Crippen LogP contribution is 2.48. The molecule has 5 heteroatoms. The second kappa shape index (κ2) is 6.33. The number of hydrogen-bond donors (Lipinski definition) is 1. The normalized spacial score (nSPS) is 15.5. The van der Waals surface area contributed by atoms with Crippen molar-refractivity contribution in [2.24, 2.45) is 0 Å². The summed E-state index contributed by atoms with van der Waals surface area (Å²) in [6.07, 6.45) is 0. The van der Waals surface area contributed by atoms with Gasteiger partial charge in [0.05, 0.1) is 29.3 Å². The van der Waals surface area contributed by atoms with Crippen LogP contribution in [0.1, 0.15) is 22.1 Å². The molecule has 0 amide bonds. The Bertz CT molecular complexity index is 979. The Balaban J connectivity index is 1.92. The van der Waals surface area contributed by atoms with Gasteiger partial charge in [-0.25, -0.2) is 4.79 Å². The van der Waals surface area contributed by atoms with Crippen LogP contribution in [-0.2, 0) is 0 Å².